The van der Waals surface area contributed by atoms with E-state index in [1.165, 1.54) is 0 Å². The van der Waals surface area contributed by atoms with Gasteiger partial charge in [0.25, 0.3) is 0 Å². The summed E-state index contributed by atoms with van der Waals surface area (Å²) in [5, 5.41) is 3.90. The monoisotopic (exact) mass is 191 g/mol. The molecule has 1 aliphatic carbocycles. The number of terminal acetylenes is 1. The molecular weight excluding hydrogens is 178 g/mol. The van der Waals surface area contributed by atoms with Crippen molar-refractivity contribution in [2.24, 2.45) is 10.8 Å². The van der Waals surface area contributed by atoms with Gasteiger partial charge in [-0.25, -0.2) is 10.2 Å². The van der Waals surface area contributed by atoms with Gasteiger partial charge in [-0.15, -0.1) is 6.42 Å². The molecule has 4 nitrogen and oxygen atoms in total. The summed E-state index contributed by atoms with van der Waals surface area (Å²) in [4.78, 5) is 10.4. The average Bonchev–Trinajstić information content (AvgIpc) is 2.16. The molecular formula is C10H13N3O. The van der Waals surface area contributed by atoms with Gasteiger partial charge < -0.3 is 5.73 Å². The van der Waals surface area contributed by atoms with Crippen molar-refractivity contribution < 1.29 is 4.79 Å². The number of rotatable bonds is 1. The normalized spacial score (nSPS) is 19.3. The largest absolute Gasteiger partial charge is 0.350 e. The third-order valence-electron chi connectivity index (χ3n) is 2.20. The minimum absolute atomic E-state index is 0.655. The maximum Gasteiger partial charge on any atom is 0.332 e. The van der Waals surface area contributed by atoms with Crippen molar-refractivity contribution in [1.82, 2.24) is 5.43 Å². The zero-order chi connectivity index (χ0) is 10.6. The molecule has 0 atom stereocenters. The molecule has 0 heterocycles. The van der Waals surface area contributed by atoms with E-state index in [1.54, 1.807) is 0 Å². The van der Waals surface area contributed by atoms with Crippen LogP contribution in [0.1, 0.15) is 26.2 Å². The van der Waals surface area contributed by atoms with E-state index in [1.807, 2.05) is 6.92 Å². The Morgan fingerprint density at radius 1 is 1.64 bits per heavy atom. The van der Waals surface area contributed by atoms with E-state index in [-0.39, 0.29) is 0 Å². The second-order valence-corrected chi connectivity index (χ2v) is 3.14. The van der Waals surface area contributed by atoms with Crippen molar-refractivity contribution in [3.05, 3.63) is 11.1 Å². The van der Waals surface area contributed by atoms with Crippen LogP contribution in [0, 0.1) is 12.3 Å². The first-order valence-corrected chi connectivity index (χ1v) is 4.44. The van der Waals surface area contributed by atoms with Crippen LogP contribution in [-0.2, 0) is 0 Å². The second-order valence-electron chi connectivity index (χ2n) is 3.14. The molecule has 0 fully saturated rings. The standard InChI is InChI=1S/C10H13N3O/c1-3-8-5-4-6-9(7(8)2)12-13-10(11)14/h1H,4-6H2,2H3,(H3,11,13,14)/b12-9-. The smallest absolute Gasteiger partial charge is 0.332 e. The van der Waals surface area contributed by atoms with Gasteiger partial charge in [0, 0.05) is 5.57 Å². The number of urea groups is 1. The Morgan fingerprint density at radius 2 is 2.36 bits per heavy atom. The molecule has 0 aromatic heterocycles. The molecule has 0 aliphatic heterocycles. The van der Waals surface area contributed by atoms with E-state index >= 15 is 0 Å². The summed E-state index contributed by atoms with van der Waals surface area (Å²) in [5.41, 5.74) is 9.88. The number of carbonyl (C=O) groups excluding carboxylic acids is 1. The van der Waals surface area contributed by atoms with Gasteiger partial charge in [-0.05, 0) is 31.8 Å². The number of nitrogens with zero attached hydrogens (tertiary/aromatic N) is 1. The number of nitrogens with two attached hydrogens (primary N) is 1. The molecule has 1 rings (SSSR count). The highest BCUT2D eigenvalue weighted by molar-refractivity contribution is 6.02. The Hall–Kier alpha value is -1.76. The summed E-state index contributed by atoms with van der Waals surface area (Å²) in [6.45, 7) is 1.91. The van der Waals surface area contributed by atoms with E-state index in [2.05, 4.69) is 16.4 Å². The van der Waals surface area contributed by atoms with E-state index in [4.69, 9.17) is 12.2 Å². The molecule has 14 heavy (non-hydrogen) atoms. The Bertz CT molecular complexity index is 347. The fourth-order valence-electron chi connectivity index (χ4n) is 1.42. The second kappa shape index (κ2) is 4.47. The van der Waals surface area contributed by atoms with Crippen LogP contribution < -0.4 is 11.2 Å². The summed E-state index contributed by atoms with van der Waals surface area (Å²) in [5.74, 6) is 2.63. The highest BCUT2D eigenvalue weighted by Crippen LogP contribution is 2.21. The van der Waals surface area contributed by atoms with E-state index < -0.39 is 6.03 Å². The Balaban J connectivity index is 2.85. The Morgan fingerprint density at radius 3 is 2.93 bits per heavy atom. The lowest BCUT2D eigenvalue weighted by atomic mass is 9.91. The van der Waals surface area contributed by atoms with Crippen molar-refractivity contribution in [3.8, 4) is 12.3 Å². The zero-order valence-electron chi connectivity index (χ0n) is 8.13. The molecule has 0 saturated heterocycles. The van der Waals surface area contributed by atoms with Gasteiger partial charge in [-0.3, -0.25) is 0 Å². The van der Waals surface area contributed by atoms with Gasteiger partial charge >= 0.3 is 6.03 Å². The summed E-state index contributed by atoms with van der Waals surface area (Å²) in [6, 6.07) is -0.655. The quantitative estimate of drug-likeness (QED) is 0.473. The first-order chi connectivity index (χ1) is 6.65. The predicted molar refractivity (Wildman–Crippen MR) is 55.5 cm³/mol. The topological polar surface area (TPSA) is 67.5 Å². The molecule has 0 spiro atoms. The molecule has 0 aromatic carbocycles. The molecule has 2 amide bonds. The summed E-state index contributed by atoms with van der Waals surface area (Å²) >= 11 is 0. The first-order valence-electron chi connectivity index (χ1n) is 4.44. The maximum atomic E-state index is 10.4. The van der Waals surface area contributed by atoms with Crippen molar-refractivity contribution in [1.29, 1.82) is 0 Å². The SMILES string of the molecule is C#CC1=C(C)/C(=N\NC(N)=O)CCC1. The minimum atomic E-state index is -0.655. The van der Waals surface area contributed by atoms with Gasteiger partial charge in [0.05, 0.1) is 5.71 Å². The molecule has 0 unspecified atom stereocenters. The number of hydrogen-bond acceptors (Lipinski definition) is 2. The molecule has 0 radical (unpaired) electrons. The molecule has 0 bridgehead atoms. The molecule has 74 valence electrons. The fraction of sp³-hybridized carbons (Fsp3) is 0.400. The number of amides is 2. The van der Waals surface area contributed by atoms with Crippen LogP contribution in [0.3, 0.4) is 0 Å². The number of hydrogen-bond donors (Lipinski definition) is 2. The van der Waals surface area contributed by atoms with Crippen LogP contribution in [0.25, 0.3) is 0 Å². The molecule has 1 aliphatic rings. The lowest BCUT2D eigenvalue weighted by Crippen LogP contribution is -2.26. The number of allylic oxidation sites excluding steroid dienone is 2. The molecule has 3 N–H and O–H groups in total. The van der Waals surface area contributed by atoms with Crippen LogP contribution in [0.15, 0.2) is 16.2 Å². The number of carbonyl (C=O) groups is 1. The highest BCUT2D eigenvalue weighted by atomic mass is 16.2. The van der Waals surface area contributed by atoms with Crippen molar-refractivity contribution in [2.45, 2.75) is 26.2 Å². The van der Waals surface area contributed by atoms with E-state index in [0.717, 1.165) is 36.1 Å². The van der Waals surface area contributed by atoms with Crippen LogP contribution in [0.5, 0.6) is 0 Å². The van der Waals surface area contributed by atoms with Crippen LogP contribution >= 0.6 is 0 Å². The van der Waals surface area contributed by atoms with Gasteiger partial charge in [-0.1, -0.05) is 5.92 Å². The van der Waals surface area contributed by atoms with Crippen LogP contribution in [0.2, 0.25) is 0 Å². The fourth-order valence-corrected chi connectivity index (χ4v) is 1.42. The average molecular weight is 191 g/mol. The lowest BCUT2D eigenvalue weighted by Gasteiger charge is -2.15. The molecule has 4 heteroatoms. The zero-order valence-corrected chi connectivity index (χ0v) is 8.13. The predicted octanol–water partition coefficient (Wildman–Crippen LogP) is 1.14. The van der Waals surface area contributed by atoms with Gasteiger partial charge in [0.2, 0.25) is 0 Å². The number of nitrogens with one attached hydrogen (secondary N) is 1. The van der Waals surface area contributed by atoms with Crippen molar-refractivity contribution in [2.75, 3.05) is 0 Å². The summed E-state index contributed by atoms with van der Waals surface area (Å²) in [6.07, 6.45) is 8.05. The Labute approximate surface area is 83.2 Å². The third kappa shape index (κ3) is 2.36. The van der Waals surface area contributed by atoms with Gasteiger partial charge in [0.15, 0.2) is 0 Å². The van der Waals surface area contributed by atoms with E-state index in [0.29, 0.717) is 0 Å². The summed E-state index contributed by atoms with van der Waals surface area (Å²) < 4.78 is 0. The first kappa shape index (κ1) is 10.3. The van der Waals surface area contributed by atoms with Crippen molar-refractivity contribution in [3.63, 3.8) is 0 Å². The van der Waals surface area contributed by atoms with Gasteiger partial charge in [0.1, 0.15) is 0 Å². The summed E-state index contributed by atoms with van der Waals surface area (Å²) in [7, 11) is 0. The Kier molecular flexibility index (Phi) is 3.29. The van der Waals surface area contributed by atoms with Gasteiger partial charge in [-0.2, -0.15) is 5.10 Å². The third-order valence-corrected chi connectivity index (χ3v) is 2.20. The van der Waals surface area contributed by atoms with Crippen LogP contribution in [0.4, 0.5) is 4.79 Å². The minimum Gasteiger partial charge on any atom is -0.350 e. The van der Waals surface area contributed by atoms with Crippen molar-refractivity contribution >= 4 is 11.7 Å². The highest BCUT2D eigenvalue weighted by Gasteiger charge is 2.13. The molecule has 0 saturated carbocycles. The number of primary amides is 1. The lowest BCUT2D eigenvalue weighted by molar-refractivity contribution is 0.249. The number of hydrazone groups is 1. The van der Waals surface area contributed by atoms with E-state index in [9.17, 15) is 4.79 Å². The van der Waals surface area contributed by atoms with Crippen LogP contribution in [-0.4, -0.2) is 11.7 Å². The molecule has 0 aromatic rings. The maximum absolute atomic E-state index is 10.4.